The molecular formula is C20H23ClN2O2. The molecule has 5 heteroatoms. The van der Waals surface area contributed by atoms with Crippen molar-refractivity contribution in [3.05, 3.63) is 70.2 Å². The lowest BCUT2D eigenvalue weighted by atomic mass is 10.1. The summed E-state index contributed by atoms with van der Waals surface area (Å²) >= 11 is 6.14. The van der Waals surface area contributed by atoms with Crippen molar-refractivity contribution in [2.75, 3.05) is 0 Å². The number of hydrazine groups is 1. The molecule has 0 heterocycles. The summed E-state index contributed by atoms with van der Waals surface area (Å²) < 4.78 is 0. The Morgan fingerprint density at radius 3 is 2.16 bits per heavy atom. The molecule has 0 saturated carbocycles. The van der Waals surface area contributed by atoms with Crippen LogP contribution in [0.5, 0.6) is 0 Å². The van der Waals surface area contributed by atoms with Crippen LogP contribution in [0, 0.1) is 0 Å². The standard InChI is InChI=1S/C20H23ClN2O2/c1-5-14-10-12-15(13-11-14)18(24)22-23(20(2,3)4)19(25)16-8-6-7-9-17(16)21/h6-13H,5H2,1-4H3,(H,22,24). The van der Waals surface area contributed by atoms with E-state index in [2.05, 4.69) is 12.3 Å². The smallest absolute Gasteiger partial charge is 0.267 e. The molecule has 0 unspecified atom stereocenters. The summed E-state index contributed by atoms with van der Waals surface area (Å²) in [6.07, 6.45) is 0.904. The fourth-order valence-corrected chi connectivity index (χ4v) is 2.55. The Morgan fingerprint density at radius 1 is 1.04 bits per heavy atom. The highest BCUT2D eigenvalue weighted by Gasteiger charge is 2.30. The molecule has 1 N–H and O–H groups in total. The average molecular weight is 359 g/mol. The van der Waals surface area contributed by atoms with E-state index in [0.717, 1.165) is 12.0 Å². The number of amides is 2. The van der Waals surface area contributed by atoms with Gasteiger partial charge < -0.3 is 0 Å². The van der Waals surface area contributed by atoms with Crippen LogP contribution < -0.4 is 5.43 Å². The number of halogens is 1. The van der Waals surface area contributed by atoms with E-state index in [1.807, 2.05) is 32.9 Å². The average Bonchev–Trinajstić information content (AvgIpc) is 2.58. The molecule has 2 rings (SSSR count). The van der Waals surface area contributed by atoms with Crippen molar-refractivity contribution in [1.82, 2.24) is 10.4 Å². The number of rotatable bonds is 3. The lowest BCUT2D eigenvalue weighted by Gasteiger charge is -2.35. The molecular weight excluding hydrogens is 336 g/mol. The molecule has 25 heavy (non-hydrogen) atoms. The van der Waals surface area contributed by atoms with Gasteiger partial charge in [0.25, 0.3) is 11.8 Å². The predicted octanol–water partition coefficient (Wildman–Crippen LogP) is 4.49. The molecule has 0 atom stereocenters. The first-order chi connectivity index (χ1) is 11.7. The molecule has 0 radical (unpaired) electrons. The Hall–Kier alpha value is -2.33. The van der Waals surface area contributed by atoms with Crippen LogP contribution in [0.2, 0.25) is 5.02 Å². The Morgan fingerprint density at radius 2 is 1.64 bits per heavy atom. The molecule has 0 spiro atoms. The van der Waals surface area contributed by atoms with Gasteiger partial charge in [-0.15, -0.1) is 0 Å². The lowest BCUT2D eigenvalue weighted by Crippen LogP contribution is -2.55. The summed E-state index contributed by atoms with van der Waals surface area (Å²) in [5.41, 5.74) is 4.10. The quantitative estimate of drug-likeness (QED) is 0.822. The van der Waals surface area contributed by atoms with Gasteiger partial charge in [0.2, 0.25) is 0 Å². The number of carbonyl (C=O) groups is 2. The second-order valence-corrected chi connectivity index (χ2v) is 7.19. The van der Waals surface area contributed by atoms with Crippen molar-refractivity contribution >= 4 is 23.4 Å². The third-order valence-electron chi connectivity index (χ3n) is 3.82. The first kappa shape index (κ1) is 19.0. The number of benzene rings is 2. The van der Waals surface area contributed by atoms with Crippen LogP contribution in [-0.4, -0.2) is 22.4 Å². The van der Waals surface area contributed by atoms with E-state index in [4.69, 9.17) is 11.6 Å². The van der Waals surface area contributed by atoms with E-state index in [1.54, 1.807) is 36.4 Å². The molecule has 0 fully saturated rings. The first-order valence-electron chi connectivity index (χ1n) is 8.23. The van der Waals surface area contributed by atoms with E-state index in [0.29, 0.717) is 16.1 Å². The van der Waals surface area contributed by atoms with Crippen LogP contribution in [0.4, 0.5) is 0 Å². The van der Waals surface area contributed by atoms with Crippen LogP contribution in [-0.2, 0) is 6.42 Å². The zero-order chi connectivity index (χ0) is 18.6. The van der Waals surface area contributed by atoms with Crippen molar-refractivity contribution in [3.8, 4) is 0 Å². The molecule has 0 aliphatic rings. The van der Waals surface area contributed by atoms with Gasteiger partial charge in [-0.05, 0) is 57.0 Å². The molecule has 2 aromatic rings. The topological polar surface area (TPSA) is 49.4 Å². The second kappa shape index (κ2) is 7.70. The normalized spacial score (nSPS) is 11.1. The van der Waals surface area contributed by atoms with Crippen molar-refractivity contribution in [1.29, 1.82) is 0 Å². The first-order valence-corrected chi connectivity index (χ1v) is 8.61. The minimum Gasteiger partial charge on any atom is -0.267 e. The predicted molar refractivity (Wildman–Crippen MR) is 101 cm³/mol. The second-order valence-electron chi connectivity index (χ2n) is 6.78. The van der Waals surface area contributed by atoms with Crippen LogP contribution in [0.1, 0.15) is 54.0 Å². The molecule has 2 aromatic carbocycles. The molecule has 4 nitrogen and oxygen atoms in total. The Balaban J connectivity index is 2.27. The van der Waals surface area contributed by atoms with E-state index >= 15 is 0 Å². The maximum atomic E-state index is 12.9. The van der Waals surface area contributed by atoms with Crippen molar-refractivity contribution in [2.24, 2.45) is 0 Å². The van der Waals surface area contributed by atoms with Crippen molar-refractivity contribution in [2.45, 2.75) is 39.7 Å². The van der Waals surface area contributed by atoms with Gasteiger partial charge in [0.1, 0.15) is 0 Å². The zero-order valence-electron chi connectivity index (χ0n) is 15.0. The van der Waals surface area contributed by atoms with Crippen LogP contribution in [0.15, 0.2) is 48.5 Å². The van der Waals surface area contributed by atoms with Crippen LogP contribution in [0.25, 0.3) is 0 Å². The van der Waals surface area contributed by atoms with Crippen molar-refractivity contribution in [3.63, 3.8) is 0 Å². The molecule has 2 amide bonds. The molecule has 0 aromatic heterocycles. The largest absolute Gasteiger partial charge is 0.274 e. The summed E-state index contributed by atoms with van der Waals surface area (Å²) in [7, 11) is 0. The highest BCUT2D eigenvalue weighted by molar-refractivity contribution is 6.33. The molecule has 0 saturated heterocycles. The van der Waals surface area contributed by atoms with Gasteiger partial charge in [-0.3, -0.25) is 15.0 Å². The summed E-state index contributed by atoms with van der Waals surface area (Å²) in [5, 5.41) is 1.67. The van der Waals surface area contributed by atoms with Gasteiger partial charge in [0, 0.05) is 5.56 Å². The van der Waals surface area contributed by atoms with Crippen molar-refractivity contribution < 1.29 is 9.59 Å². The molecule has 0 aliphatic heterocycles. The van der Waals surface area contributed by atoms with Gasteiger partial charge in [0.05, 0.1) is 16.1 Å². The van der Waals surface area contributed by atoms with Crippen LogP contribution in [0.3, 0.4) is 0 Å². The van der Waals surface area contributed by atoms with Gasteiger partial charge in [-0.1, -0.05) is 42.8 Å². The van der Waals surface area contributed by atoms with E-state index < -0.39 is 5.54 Å². The van der Waals surface area contributed by atoms with Gasteiger partial charge in [-0.2, -0.15) is 0 Å². The Labute approximate surface area is 153 Å². The fraction of sp³-hybridized carbons (Fsp3) is 0.300. The number of nitrogens with one attached hydrogen (secondary N) is 1. The summed E-state index contributed by atoms with van der Waals surface area (Å²) in [6.45, 7) is 7.60. The van der Waals surface area contributed by atoms with E-state index in [1.165, 1.54) is 5.01 Å². The number of nitrogens with zero attached hydrogens (tertiary/aromatic N) is 1. The lowest BCUT2D eigenvalue weighted by molar-refractivity contribution is 0.0359. The maximum absolute atomic E-state index is 12.9. The van der Waals surface area contributed by atoms with Gasteiger partial charge in [-0.25, -0.2) is 5.01 Å². The Bertz CT molecular complexity index is 764. The molecule has 0 aliphatic carbocycles. The monoisotopic (exact) mass is 358 g/mol. The van der Waals surface area contributed by atoms with Crippen LogP contribution >= 0.6 is 11.6 Å². The fourth-order valence-electron chi connectivity index (χ4n) is 2.34. The summed E-state index contributed by atoms with van der Waals surface area (Å²) in [6, 6.07) is 14.1. The van der Waals surface area contributed by atoms with Gasteiger partial charge >= 0.3 is 0 Å². The molecule has 132 valence electrons. The SMILES string of the molecule is CCc1ccc(C(=O)NN(C(=O)c2ccccc2Cl)C(C)(C)C)cc1. The summed E-state index contributed by atoms with van der Waals surface area (Å²) in [4.78, 5) is 25.5. The zero-order valence-corrected chi connectivity index (χ0v) is 15.7. The van der Waals surface area contributed by atoms with E-state index in [9.17, 15) is 9.59 Å². The number of hydrogen-bond acceptors (Lipinski definition) is 2. The highest BCUT2D eigenvalue weighted by atomic mass is 35.5. The highest BCUT2D eigenvalue weighted by Crippen LogP contribution is 2.21. The minimum atomic E-state index is -0.616. The number of aryl methyl sites for hydroxylation is 1. The van der Waals surface area contributed by atoms with E-state index in [-0.39, 0.29) is 11.8 Å². The minimum absolute atomic E-state index is 0.335. The van der Waals surface area contributed by atoms with Gasteiger partial charge in [0.15, 0.2) is 0 Å². The third-order valence-corrected chi connectivity index (χ3v) is 4.15. The third kappa shape index (κ3) is 4.60. The Kier molecular flexibility index (Phi) is 5.85. The maximum Gasteiger partial charge on any atom is 0.274 e. The molecule has 0 bridgehead atoms. The number of carbonyl (C=O) groups excluding carboxylic acids is 2. The number of hydrogen-bond donors (Lipinski definition) is 1. The summed E-state index contributed by atoms with van der Waals surface area (Å²) in [5.74, 6) is -0.686.